The third kappa shape index (κ3) is 4.98. The molecule has 0 amide bonds. The number of halogens is 1. The number of hydrogen-bond acceptors (Lipinski definition) is 2. The first kappa shape index (κ1) is 18.5. The van der Waals surface area contributed by atoms with Crippen molar-refractivity contribution in [2.45, 2.75) is 65.6 Å². The Morgan fingerprint density at radius 1 is 1.10 bits per heavy atom. The van der Waals surface area contributed by atoms with Crippen LogP contribution in [0.2, 0.25) is 5.02 Å². The third-order valence-electron chi connectivity index (χ3n) is 4.07. The highest BCUT2D eigenvalue weighted by atomic mass is 35.5. The van der Waals surface area contributed by atoms with Crippen molar-refractivity contribution < 1.29 is 0 Å². The summed E-state index contributed by atoms with van der Waals surface area (Å²) in [5, 5.41) is 0.819. The standard InChI is InChI=1S/C18H31ClN2/c1-6-15(7-2)21(12-13(3)4)18(14(5)20)16-10-8-9-11-17(16)19/h8-11,13-15,18H,6-7,12,20H2,1-5H3. The topological polar surface area (TPSA) is 29.3 Å². The minimum absolute atomic E-state index is 0.0456. The highest BCUT2D eigenvalue weighted by Gasteiger charge is 2.30. The SMILES string of the molecule is CCC(CC)N(CC(C)C)C(c1ccccc1Cl)C(C)N. The molecule has 0 aromatic heterocycles. The van der Waals surface area contributed by atoms with Crippen LogP contribution in [0.5, 0.6) is 0 Å². The Balaban J connectivity index is 3.22. The van der Waals surface area contributed by atoms with Gasteiger partial charge in [0.05, 0.1) is 6.04 Å². The first-order valence-corrected chi connectivity index (χ1v) is 8.55. The molecule has 2 nitrogen and oxygen atoms in total. The van der Waals surface area contributed by atoms with Gasteiger partial charge in [-0.15, -0.1) is 0 Å². The average molecular weight is 311 g/mol. The van der Waals surface area contributed by atoms with Crippen LogP contribution in [0.3, 0.4) is 0 Å². The number of nitrogens with two attached hydrogens (primary N) is 1. The van der Waals surface area contributed by atoms with Crippen LogP contribution in [0.15, 0.2) is 24.3 Å². The molecule has 1 rings (SSSR count). The van der Waals surface area contributed by atoms with Crippen LogP contribution in [0.1, 0.15) is 59.1 Å². The van der Waals surface area contributed by atoms with Crippen molar-refractivity contribution in [3.63, 3.8) is 0 Å². The summed E-state index contributed by atoms with van der Waals surface area (Å²) in [6.45, 7) is 12.2. The molecule has 120 valence electrons. The van der Waals surface area contributed by atoms with E-state index in [0.29, 0.717) is 12.0 Å². The number of rotatable bonds is 8. The maximum absolute atomic E-state index is 6.45. The van der Waals surface area contributed by atoms with Gasteiger partial charge in [-0.2, -0.15) is 0 Å². The Labute approximate surface area is 135 Å². The van der Waals surface area contributed by atoms with Crippen molar-refractivity contribution in [1.82, 2.24) is 4.90 Å². The van der Waals surface area contributed by atoms with Gasteiger partial charge in [-0.3, -0.25) is 4.90 Å². The van der Waals surface area contributed by atoms with Crippen LogP contribution in [0, 0.1) is 5.92 Å². The molecular formula is C18H31ClN2. The van der Waals surface area contributed by atoms with Crippen molar-refractivity contribution in [1.29, 1.82) is 0 Å². The van der Waals surface area contributed by atoms with Crippen LogP contribution in [0.25, 0.3) is 0 Å². The molecule has 0 heterocycles. The summed E-state index contributed by atoms with van der Waals surface area (Å²) in [4.78, 5) is 2.57. The smallest absolute Gasteiger partial charge is 0.0514 e. The molecule has 0 spiro atoms. The Morgan fingerprint density at radius 2 is 1.67 bits per heavy atom. The van der Waals surface area contributed by atoms with E-state index in [9.17, 15) is 0 Å². The lowest BCUT2D eigenvalue weighted by Crippen LogP contribution is -2.46. The second kappa shape index (κ2) is 8.77. The summed E-state index contributed by atoms with van der Waals surface area (Å²) in [6.07, 6.45) is 2.27. The molecule has 2 unspecified atom stereocenters. The van der Waals surface area contributed by atoms with Crippen LogP contribution in [0.4, 0.5) is 0 Å². The Bertz CT molecular complexity index is 413. The van der Waals surface area contributed by atoms with Gasteiger partial charge in [0.1, 0.15) is 0 Å². The number of benzene rings is 1. The zero-order chi connectivity index (χ0) is 16.0. The van der Waals surface area contributed by atoms with Gasteiger partial charge in [-0.1, -0.05) is 57.5 Å². The van der Waals surface area contributed by atoms with E-state index in [1.807, 2.05) is 12.1 Å². The van der Waals surface area contributed by atoms with Crippen molar-refractivity contribution in [2.24, 2.45) is 11.7 Å². The monoisotopic (exact) mass is 310 g/mol. The zero-order valence-electron chi connectivity index (χ0n) is 14.1. The van der Waals surface area contributed by atoms with E-state index >= 15 is 0 Å². The predicted octanol–water partition coefficient (Wildman–Crippen LogP) is 4.87. The first-order valence-electron chi connectivity index (χ1n) is 8.18. The van der Waals surface area contributed by atoms with E-state index < -0.39 is 0 Å². The third-order valence-corrected chi connectivity index (χ3v) is 4.41. The summed E-state index contributed by atoms with van der Waals surface area (Å²) < 4.78 is 0. The Hall–Kier alpha value is -0.570. The molecule has 0 radical (unpaired) electrons. The number of hydrogen-bond donors (Lipinski definition) is 1. The molecule has 1 aromatic carbocycles. The summed E-state index contributed by atoms with van der Waals surface area (Å²) >= 11 is 6.45. The zero-order valence-corrected chi connectivity index (χ0v) is 14.9. The van der Waals surface area contributed by atoms with E-state index in [1.54, 1.807) is 0 Å². The van der Waals surface area contributed by atoms with E-state index in [2.05, 4.69) is 51.7 Å². The summed E-state index contributed by atoms with van der Waals surface area (Å²) in [5.41, 5.74) is 7.52. The largest absolute Gasteiger partial charge is 0.326 e. The van der Waals surface area contributed by atoms with E-state index in [-0.39, 0.29) is 12.1 Å². The molecule has 3 heteroatoms. The van der Waals surface area contributed by atoms with E-state index in [4.69, 9.17) is 17.3 Å². The normalized spacial score (nSPS) is 15.0. The quantitative estimate of drug-likeness (QED) is 0.742. The molecule has 1 aromatic rings. The second-order valence-electron chi connectivity index (χ2n) is 6.39. The molecule has 2 N–H and O–H groups in total. The molecule has 0 aliphatic heterocycles. The molecule has 0 aliphatic carbocycles. The van der Waals surface area contributed by atoms with Gasteiger partial charge in [0.15, 0.2) is 0 Å². The molecule has 0 saturated heterocycles. The van der Waals surface area contributed by atoms with Gasteiger partial charge in [0, 0.05) is 23.7 Å². The average Bonchev–Trinajstić information content (AvgIpc) is 2.41. The summed E-state index contributed by atoms with van der Waals surface area (Å²) in [5.74, 6) is 0.606. The van der Waals surface area contributed by atoms with E-state index in [0.717, 1.165) is 30.0 Å². The lowest BCUT2D eigenvalue weighted by Gasteiger charge is -2.41. The fraction of sp³-hybridized carbons (Fsp3) is 0.667. The molecule has 0 bridgehead atoms. The summed E-state index contributed by atoms with van der Waals surface area (Å²) in [7, 11) is 0. The van der Waals surface area contributed by atoms with Crippen molar-refractivity contribution >= 4 is 11.6 Å². The molecule has 21 heavy (non-hydrogen) atoms. The van der Waals surface area contributed by atoms with Gasteiger partial charge < -0.3 is 5.73 Å². The second-order valence-corrected chi connectivity index (χ2v) is 6.79. The van der Waals surface area contributed by atoms with Crippen LogP contribution in [-0.2, 0) is 0 Å². The van der Waals surface area contributed by atoms with Crippen LogP contribution in [-0.4, -0.2) is 23.5 Å². The van der Waals surface area contributed by atoms with Gasteiger partial charge in [0.25, 0.3) is 0 Å². The van der Waals surface area contributed by atoms with Crippen LogP contribution >= 0.6 is 11.6 Å². The van der Waals surface area contributed by atoms with Gasteiger partial charge >= 0.3 is 0 Å². The minimum atomic E-state index is 0.0456. The van der Waals surface area contributed by atoms with E-state index in [1.165, 1.54) is 0 Å². The fourth-order valence-corrected chi connectivity index (χ4v) is 3.40. The minimum Gasteiger partial charge on any atom is -0.326 e. The number of nitrogens with zero attached hydrogens (tertiary/aromatic N) is 1. The lowest BCUT2D eigenvalue weighted by atomic mass is 9.94. The first-order chi connectivity index (χ1) is 9.92. The fourth-order valence-electron chi connectivity index (χ4n) is 3.15. The van der Waals surface area contributed by atoms with Gasteiger partial charge in [0.2, 0.25) is 0 Å². The van der Waals surface area contributed by atoms with Crippen molar-refractivity contribution in [2.75, 3.05) is 6.54 Å². The highest BCUT2D eigenvalue weighted by Crippen LogP contribution is 2.33. The van der Waals surface area contributed by atoms with Gasteiger partial charge in [-0.05, 0) is 37.3 Å². The lowest BCUT2D eigenvalue weighted by molar-refractivity contribution is 0.0955. The molecule has 2 atom stereocenters. The molecule has 0 aliphatic rings. The Morgan fingerprint density at radius 3 is 2.10 bits per heavy atom. The van der Waals surface area contributed by atoms with Gasteiger partial charge in [-0.25, -0.2) is 0 Å². The van der Waals surface area contributed by atoms with Crippen LogP contribution < -0.4 is 5.73 Å². The predicted molar refractivity (Wildman–Crippen MR) is 93.8 cm³/mol. The highest BCUT2D eigenvalue weighted by molar-refractivity contribution is 6.31. The maximum Gasteiger partial charge on any atom is 0.0514 e. The maximum atomic E-state index is 6.45. The molecule has 0 fully saturated rings. The summed E-state index contributed by atoms with van der Waals surface area (Å²) in [6, 6.07) is 8.87. The Kier molecular flexibility index (Phi) is 7.72. The van der Waals surface area contributed by atoms with Crippen molar-refractivity contribution in [3.8, 4) is 0 Å². The molecular weight excluding hydrogens is 280 g/mol. The van der Waals surface area contributed by atoms with Crippen molar-refractivity contribution in [3.05, 3.63) is 34.9 Å². The molecule has 0 saturated carbocycles.